The molecule has 6 atom stereocenters. The number of ether oxygens (including phenoxy) is 1. The summed E-state index contributed by atoms with van der Waals surface area (Å²) in [5.74, 6) is 0.0253. The lowest BCUT2D eigenvalue weighted by atomic mass is 9.90. The molecular weight excluding hydrogens is 717 g/mol. The molecule has 1 saturated carbocycles. The molecule has 1 aliphatic heterocycles. The first-order valence-corrected chi connectivity index (χ1v) is 19.8. The summed E-state index contributed by atoms with van der Waals surface area (Å²) in [6.07, 6.45) is -2.63. The number of hydrogen-bond donors (Lipinski definition) is 6. The Labute approximate surface area is 319 Å². The smallest absolute Gasteiger partial charge is 0.413 e. The number of nitrogens with two attached hydrogens (primary N) is 2. The molecule has 8 N–H and O–H groups in total. The molecule has 55 heavy (non-hydrogen) atoms. The van der Waals surface area contributed by atoms with Crippen LogP contribution in [-0.2, 0) is 24.1 Å². The molecule has 5 aromatic rings. The van der Waals surface area contributed by atoms with E-state index in [1.807, 2.05) is 66.7 Å². The number of para-hydroxylation sites is 1. The lowest BCUT2D eigenvalue weighted by Crippen LogP contribution is -2.52. The number of aliphatic hydroxyl groups is 2. The van der Waals surface area contributed by atoms with Crippen LogP contribution in [0.4, 0.5) is 10.5 Å². The van der Waals surface area contributed by atoms with Gasteiger partial charge in [0.2, 0.25) is 0 Å². The fourth-order valence-electron chi connectivity index (χ4n) is 7.67. The standard InChI is InChI=1S/C42H44N5O7P/c43-36-20-19-30(22-34(36)40(44)45)25-46-37(23-28-11-4-1-5-12-28)38(48)39(49)42(24-35(42)31-14-6-2-7-15-31)47(41(46)50)26-29-13-10-18-33(21-29)53-27-55(51,52)54-32-16-8-3-9-17-32/h1-22,35,37-39,48-49H,23-27,43H2,(H3,44,45)(H,51,52)/t35-,37-,38+,39-,42?/m1/s1. The van der Waals surface area contributed by atoms with Crippen LogP contribution in [0, 0.1) is 5.41 Å². The van der Waals surface area contributed by atoms with Crippen LogP contribution in [0.5, 0.6) is 11.5 Å². The van der Waals surface area contributed by atoms with Crippen molar-refractivity contribution >= 4 is 25.1 Å². The fraction of sp³-hybridized carbons (Fsp3) is 0.238. The van der Waals surface area contributed by atoms with E-state index in [1.54, 1.807) is 76.5 Å². The van der Waals surface area contributed by atoms with Crippen LogP contribution < -0.4 is 20.7 Å². The number of carbonyl (C=O) groups is 1. The van der Waals surface area contributed by atoms with Gasteiger partial charge in [-0.25, -0.2) is 9.36 Å². The Morgan fingerprint density at radius 1 is 0.818 bits per heavy atom. The third kappa shape index (κ3) is 8.08. The first-order chi connectivity index (χ1) is 26.4. The molecule has 1 heterocycles. The largest absolute Gasteiger partial charge is 0.480 e. The molecule has 1 spiro atoms. The molecule has 284 valence electrons. The van der Waals surface area contributed by atoms with Gasteiger partial charge in [0.05, 0.1) is 11.6 Å². The Morgan fingerprint density at radius 3 is 2.13 bits per heavy atom. The van der Waals surface area contributed by atoms with Crippen molar-refractivity contribution in [1.82, 2.24) is 9.80 Å². The van der Waals surface area contributed by atoms with E-state index in [9.17, 15) is 19.7 Å². The third-order valence-electron chi connectivity index (χ3n) is 10.5. The number of nitrogen functional groups attached to an aromatic ring is 2. The Bertz CT molecular complexity index is 2200. The molecule has 2 amide bonds. The van der Waals surface area contributed by atoms with Gasteiger partial charge in [0.15, 0.2) is 6.35 Å². The summed E-state index contributed by atoms with van der Waals surface area (Å²) in [6, 6.07) is 38.1. The Balaban J connectivity index is 1.25. The SMILES string of the molecule is N=C(N)c1cc(CN2C(=O)N(Cc3cccc(OCP(=O)(O)Oc4ccccc4)c3)C3(C[C@@H]3c3ccccc3)[C@H](O)[C@@H](O)[C@H]2Cc2ccccc2)ccc1N. The van der Waals surface area contributed by atoms with Crippen LogP contribution in [-0.4, -0.2) is 66.9 Å². The van der Waals surface area contributed by atoms with Crippen LogP contribution in [0.1, 0.15) is 40.2 Å². The molecule has 7 rings (SSSR count). The molecule has 0 radical (unpaired) electrons. The minimum Gasteiger partial charge on any atom is -0.480 e. The number of amides is 2. The maximum atomic E-state index is 15.3. The van der Waals surface area contributed by atoms with Crippen molar-refractivity contribution in [3.63, 3.8) is 0 Å². The monoisotopic (exact) mass is 761 g/mol. The minimum atomic E-state index is -4.19. The molecule has 2 aliphatic rings. The molecular formula is C42H44N5O7P. The first-order valence-electron chi connectivity index (χ1n) is 18.0. The maximum Gasteiger partial charge on any atom is 0.413 e. The summed E-state index contributed by atoms with van der Waals surface area (Å²) in [4.78, 5) is 29.1. The summed E-state index contributed by atoms with van der Waals surface area (Å²) in [7, 11) is -4.19. The number of nitrogens with zero attached hydrogens (tertiary/aromatic N) is 2. The van der Waals surface area contributed by atoms with E-state index in [-0.39, 0.29) is 42.8 Å². The van der Waals surface area contributed by atoms with E-state index in [4.69, 9.17) is 26.1 Å². The van der Waals surface area contributed by atoms with Crippen molar-refractivity contribution in [2.45, 2.75) is 55.6 Å². The molecule has 5 aromatic carbocycles. The Hall–Kier alpha value is -5.65. The number of anilines is 1. The highest BCUT2D eigenvalue weighted by atomic mass is 31.2. The van der Waals surface area contributed by atoms with E-state index in [2.05, 4.69) is 0 Å². The number of hydrogen-bond acceptors (Lipinski definition) is 8. The van der Waals surface area contributed by atoms with Crippen molar-refractivity contribution in [2.75, 3.05) is 12.1 Å². The first kappa shape index (κ1) is 37.7. The molecule has 2 unspecified atom stereocenters. The highest BCUT2D eigenvalue weighted by Crippen LogP contribution is 2.60. The van der Waals surface area contributed by atoms with Gasteiger partial charge in [-0.3, -0.25) is 5.41 Å². The van der Waals surface area contributed by atoms with Crippen molar-refractivity contribution in [3.8, 4) is 11.5 Å². The Morgan fingerprint density at radius 2 is 1.44 bits per heavy atom. The van der Waals surface area contributed by atoms with E-state index >= 15 is 4.79 Å². The lowest BCUT2D eigenvalue weighted by molar-refractivity contribution is -0.0502. The predicted molar refractivity (Wildman–Crippen MR) is 210 cm³/mol. The zero-order valence-corrected chi connectivity index (χ0v) is 30.9. The highest BCUT2D eigenvalue weighted by Gasteiger charge is 2.68. The van der Waals surface area contributed by atoms with Gasteiger partial charge in [-0.1, -0.05) is 97.1 Å². The van der Waals surface area contributed by atoms with E-state index in [1.165, 1.54) is 0 Å². The normalized spacial score (nSPS) is 23.1. The molecule has 13 heteroatoms. The van der Waals surface area contributed by atoms with Crippen LogP contribution in [0.25, 0.3) is 0 Å². The molecule has 0 aromatic heterocycles. The zero-order valence-electron chi connectivity index (χ0n) is 30.0. The van der Waals surface area contributed by atoms with Crippen molar-refractivity contribution in [3.05, 3.63) is 161 Å². The van der Waals surface area contributed by atoms with Gasteiger partial charge in [0.25, 0.3) is 0 Å². The maximum absolute atomic E-state index is 15.3. The minimum absolute atomic E-state index is 0.0233. The van der Waals surface area contributed by atoms with E-state index < -0.39 is 43.8 Å². The summed E-state index contributed by atoms with van der Waals surface area (Å²) >= 11 is 0. The summed E-state index contributed by atoms with van der Waals surface area (Å²) in [5.41, 5.74) is 14.5. The molecule has 1 saturated heterocycles. The Kier molecular flexibility index (Phi) is 10.7. The van der Waals surface area contributed by atoms with Gasteiger partial charge in [-0.05, 0) is 71.5 Å². The van der Waals surface area contributed by atoms with Crippen LogP contribution in [0.15, 0.2) is 133 Å². The summed E-state index contributed by atoms with van der Waals surface area (Å²) in [5, 5.41) is 32.6. The second-order valence-corrected chi connectivity index (χ2v) is 15.9. The van der Waals surface area contributed by atoms with Crippen molar-refractivity contribution in [2.24, 2.45) is 5.73 Å². The highest BCUT2D eigenvalue weighted by molar-refractivity contribution is 7.53. The molecule has 1 aliphatic carbocycles. The second kappa shape index (κ2) is 15.6. The van der Waals surface area contributed by atoms with Crippen molar-refractivity contribution < 1.29 is 33.7 Å². The van der Waals surface area contributed by atoms with Gasteiger partial charge in [-0.15, -0.1) is 0 Å². The quantitative estimate of drug-likeness (QED) is 0.0369. The van der Waals surface area contributed by atoms with Gasteiger partial charge < -0.3 is 45.6 Å². The average molecular weight is 762 g/mol. The molecule has 12 nitrogen and oxygen atoms in total. The molecule has 0 bridgehead atoms. The summed E-state index contributed by atoms with van der Waals surface area (Å²) in [6.45, 7) is 0.0506. The van der Waals surface area contributed by atoms with Gasteiger partial charge in [-0.2, -0.15) is 0 Å². The third-order valence-corrected chi connectivity index (χ3v) is 11.4. The van der Waals surface area contributed by atoms with Crippen LogP contribution >= 0.6 is 7.60 Å². The number of benzene rings is 5. The fourth-order valence-corrected chi connectivity index (χ4v) is 8.49. The van der Waals surface area contributed by atoms with E-state index in [0.29, 0.717) is 28.8 Å². The summed E-state index contributed by atoms with van der Waals surface area (Å²) < 4.78 is 23.9. The van der Waals surface area contributed by atoms with Crippen LogP contribution in [0.3, 0.4) is 0 Å². The van der Waals surface area contributed by atoms with Crippen molar-refractivity contribution in [1.29, 1.82) is 5.41 Å². The number of rotatable bonds is 13. The van der Waals surface area contributed by atoms with Gasteiger partial charge in [0, 0.05) is 30.3 Å². The number of urea groups is 1. The molecule has 2 fully saturated rings. The van der Waals surface area contributed by atoms with Gasteiger partial charge in [0.1, 0.15) is 29.5 Å². The average Bonchev–Trinajstić information content (AvgIpc) is 3.95. The number of carbonyl (C=O) groups excluding carboxylic acids is 1. The number of nitrogens with one attached hydrogen (secondary N) is 1. The van der Waals surface area contributed by atoms with Crippen LogP contribution in [0.2, 0.25) is 0 Å². The van der Waals surface area contributed by atoms with E-state index in [0.717, 1.165) is 11.1 Å². The lowest BCUT2D eigenvalue weighted by Gasteiger charge is -2.37. The second-order valence-electron chi connectivity index (χ2n) is 14.1. The number of aliphatic hydroxyl groups excluding tert-OH is 2. The topological polar surface area (TPSA) is 196 Å². The predicted octanol–water partition coefficient (Wildman–Crippen LogP) is 5.85. The zero-order chi connectivity index (χ0) is 38.7. The van der Waals surface area contributed by atoms with Gasteiger partial charge >= 0.3 is 13.6 Å². The number of amidine groups is 1.